The molecule has 0 amide bonds. The highest BCUT2D eigenvalue weighted by Crippen LogP contribution is 2.21. The fraction of sp³-hybridized carbons (Fsp3) is 0.556. The topological polar surface area (TPSA) is 82.3 Å². The van der Waals surface area contributed by atoms with Crippen LogP contribution in [-0.2, 0) is 5.75 Å². The summed E-state index contributed by atoms with van der Waals surface area (Å²) in [4.78, 5) is 9.80. The van der Waals surface area contributed by atoms with Crippen molar-refractivity contribution in [3.05, 3.63) is 28.0 Å². The molecular weight excluding hydrogens is 216 g/mol. The van der Waals surface area contributed by atoms with Crippen LogP contribution in [0.15, 0.2) is 16.5 Å². The average Bonchev–Trinajstić information content (AvgIpc) is 2.66. The van der Waals surface area contributed by atoms with Gasteiger partial charge in [-0.25, -0.2) is 0 Å². The summed E-state index contributed by atoms with van der Waals surface area (Å²) < 4.78 is 5.01. The molecule has 1 aromatic rings. The first-order chi connectivity index (χ1) is 7.13. The Kier molecular flexibility index (Phi) is 4.64. The minimum atomic E-state index is -0.531. The molecule has 0 spiro atoms. The Hall–Kier alpha value is -1.01. The number of nitrogens with two attached hydrogens (primary N) is 1. The van der Waals surface area contributed by atoms with Crippen molar-refractivity contribution in [3.63, 3.8) is 0 Å². The maximum Gasteiger partial charge on any atom is 0.433 e. The largest absolute Gasteiger partial charge is 0.433 e. The maximum absolute atomic E-state index is 10.3. The molecule has 0 fully saturated rings. The second-order valence-electron chi connectivity index (χ2n) is 3.35. The van der Waals surface area contributed by atoms with Crippen LogP contribution in [0.3, 0.4) is 0 Å². The Balaban J connectivity index is 2.35. The molecule has 2 N–H and O–H groups in total. The molecule has 0 saturated carbocycles. The lowest BCUT2D eigenvalue weighted by Gasteiger charge is -2.05. The van der Waals surface area contributed by atoms with Crippen molar-refractivity contribution in [2.24, 2.45) is 11.7 Å². The van der Waals surface area contributed by atoms with Gasteiger partial charge in [0.2, 0.25) is 0 Å². The van der Waals surface area contributed by atoms with Crippen LogP contribution in [0.2, 0.25) is 0 Å². The van der Waals surface area contributed by atoms with Gasteiger partial charge in [-0.2, -0.15) is 11.8 Å². The van der Waals surface area contributed by atoms with Crippen LogP contribution in [0.4, 0.5) is 5.88 Å². The molecule has 1 unspecified atom stereocenters. The van der Waals surface area contributed by atoms with Crippen molar-refractivity contribution in [2.75, 3.05) is 12.3 Å². The van der Waals surface area contributed by atoms with Crippen molar-refractivity contribution >= 4 is 17.6 Å². The average molecular weight is 230 g/mol. The van der Waals surface area contributed by atoms with Gasteiger partial charge in [-0.1, -0.05) is 6.92 Å². The molecule has 0 saturated heterocycles. The van der Waals surface area contributed by atoms with Gasteiger partial charge in [0.05, 0.1) is 11.8 Å². The van der Waals surface area contributed by atoms with E-state index in [2.05, 4.69) is 6.92 Å². The summed E-state index contributed by atoms with van der Waals surface area (Å²) in [6, 6.07) is 3.01. The monoisotopic (exact) mass is 230 g/mol. The van der Waals surface area contributed by atoms with E-state index in [-0.39, 0.29) is 5.88 Å². The SMILES string of the molecule is CC(CN)CSCc1ccc([N+](=O)[O-])o1. The van der Waals surface area contributed by atoms with Gasteiger partial charge in [0.1, 0.15) is 10.7 Å². The predicted octanol–water partition coefficient (Wildman–Crippen LogP) is 2.02. The van der Waals surface area contributed by atoms with Gasteiger partial charge in [-0.15, -0.1) is 0 Å². The first-order valence-electron chi connectivity index (χ1n) is 4.64. The van der Waals surface area contributed by atoms with Crippen LogP contribution in [0.5, 0.6) is 0 Å². The van der Waals surface area contributed by atoms with E-state index < -0.39 is 4.92 Å². The molecule has 84 valence electrons. The Morgan fingerprint density at radius 2 is 2.40 bits per heavy atom. The van der Waals surface area contributed by atoms with Crippen LogP contribution < -0.4 is 5.73 Å². The Morgan fingerprint density at radius 1 is 1.67 bits per heavy atom. The summed E-state index contributed by atoms with van der Waals surface area (Å²) in [5.41, 5.74) is 5.47. The van der Waals surface area contributed by atoms with E-state index in [9.17, 15) is 10.1 Å². The Morgan fingerprint density at radius 3 is 2.93 bits per heavy atom. The number of hydrogen-bond donors (Lipinski definition) is 1. The van der Waals surface area contributed by atoms with Crippen molar-refractivity contribution < 1.29 is 9.34 Å². The van der Waals surface area contributed by atoms with Crippen LogP contribution in [0.25, 0.3) is 0 Å². The van der Waals surface area contributed by atoms with Crippen LogP contribution in [0, 0.1) is 16.0 Å². The van der Waals surface area contributed by atoms with E-state index in [1.165, 1.54) is 6.07 Å². The number of furan rings is 1. The third kappa shape index (κ3) is 3.93. The first kappa shape index (κ1) is 12.1. The van der Waals surface area contributed by atoms with Gasteiger partial charge in [0, 0.05) is 0 Å². The Labute approximate surface area is 92.2 Å². The Bertz CT molecular complexity index is 327. The van der Waals surface area contributed by atoms with Crippen LogP contribution in [0.1, 0.15) is 12.7 Å². The minimum absolute atomic E-state index is 0.197. The molecule has 1 rings (SSSR count). The van der Waals surface area contributed by atoms with E-state index in [0.29, 0.717) is 24.0 Å². The second kappa shape index (κ2) is 5.77. The van der Waals surface area contributed by atoms with Gasteiger partial charge in [-0.05, 0) is 24.3 Å². The molecule has 5 nitrogen and oxygen atoms in total. The molecule has 1 aromatic heterocycles. The van der Waals surface area contributed by atoms with E-state index >= 15 is 0 Å². The number of hydrogen-bond acceptors (Lipinski definition) is 5. The highest BCUT2D eigenvalue weighted by molar-refractivity contribution is 7.98. The highest BCUT2D eigenvalue weighted by atomic mass is 32.2. The van der Waals surface area contributed by atoms with Gasteiger partial charge in [-0.3, -0.25) is 10.1 Å². The third-order valence-electron chi connectivity index (χ3n) is 1.88. The molecule has 6 heteroatoms. The van der Waals surface area contributed by atoms with E-state index in [1.54, 1.807) is 17.8 Å². The van der Waals surface area contributed by atoms with E-state index in [4.69, 9.17) is 10.2 Å². The normalized spacial score (nSPS) is 12.7. The summed E-state index contributed by atoms with van der Waals surface area (Å²) in [7, 11) is 0. The maximum atomic E-state index is 10.3. The smallest absolute Gasteiger partial charge is 0.405 e. The standard InChI is InChI=1S/C9H14N2O3S/c1-7(4-10)5-15-6-8-2-3-9(14-8)11(12)13/h2-3,7H,4-6,10H2,1H3. The molecule has 0 aromatic carbocycles. The fourth-order valence-electron chi connectivity index (χ4n) is 0.971. The molecular formula is C9H14N2O3S. The lowest BCUT2D eigenvalue weighted by atomic mass is 10.2. The third-order valence-corrected chi connectivity index (χ3v) is 3.17. The minimum Gasteiger partial charge on any atom is -0.405 e. The van der Waals surface area contributed by atoms with Gasteiger partial charge < -0.3 is 10.2 Å². The molecule has 1 atom stereocenters. The number of nitro groups is 1. The molecule has 1 heterocycles. The molecule has 0 aliphatic carbocycles. The van der Waals surface area contributed by atoms with Gasteiger partial charge in [0.25, 0.3) is 0 Å². The lowest BCUT2D eigenvalue weighted by molar-refractivity contribution is -0.402. The first-order valence-corrected chi connectivity index (χ1v) is 5.80. The van der Waals surface area contributed by atoms with Crippen LogP contribution in [-0.4, -0.2) is 17.2 Å². The molecule has 0 bridgehead atoms. The fourth-order valence-corrected chi connectivity index (χ4v) is 1.98. The molecule has 15 heavy (non-hydrogen) atoms. The lowest BCUT2D eigenvalue weighted by Crippen LogP contribution is -2.12. The zero-order valence-corrected chi connectivity index (χ0v) is 9.33. The summed E-state index contributed by atoms with van der Waals surface area (Å²) >= 11 is 1.67. The molecule has 0 aliphatic heterocycles. The van der Waals surface area contributed by atoms with Crippen molar-refractivity contribution in [1.82, 2.24) is 0 Å². The summed E-state index contributed by atoms with van der Waals surface area (Å²) in [5.74, 6) is 2.48. The summed E-state index contributed by atoms with van der Waals surface area (Å²) in [6.07, 6.45) is 0. The van der Waals surface area contributed by atoms with Crippen molar-refractivity contribution in [3.8, 4) is 0 Å². The highest BCUT2D eigenvalue weighted by Gasteiger charge is 2.11. The molecule has 0 aliphatic rings. The van der Waals surface area contributed by atoms with E-state index in [1.807, 2.05) is 0 Å². The number of thioether (sulfide) groups is 1. The van der Waals surface area contributed by atoms with Gasteiger partial charge >= 0.3 is 5.88 Å². The number of rotatable bonds is 6. The molecule has 0 radical (unpaired) electrons. The van der Waals surface area contributed by atoms with Crippen molar-refractivity contribution in [1.29, 1.82) is 0 Å². The summed E-state index contributed by atoms with van der Waals surface area (Å²) in [5, 5.41) is 10.3. The summed E-state index contributed by atoms with van der Waals surface area (Å²) in [6.45, 7) is 2.73. The predicted molar refractivity (Wildman–Crippen MR) is 59.7 cm³/mol. The van der Waals surface area contributed by atoms with Crippen molar-refractivity contribution in [2.45, 2.75) is 12.7 Å². The van der Waals surface area contributed by atoms with Crippen LogP contribution >= 0.6 is 11.8 Å². The van der Waals surface area contributed by atoms with E-state index in [0.717, 1.165) is 5.75 Å². The zero-order chi connectivity index (χ0) is 11.3. The zero-order valence-electron chi connectivity index (χ0n) is 8.51. The quantitative estimate of drug-likeness (QED) is 0.597. The second-order valence-corrected chi connectivity index (χ2v) is 4.38. The number of nitrogens with zero attached hydrogens (tertiary/aromatic N) is 1. The van der Waals surface area contributed by atoms with Gasteiger partial charge in [0.15, 0.2) is 0 Å².